The van der Waals surface area contributed by atoms with Crippen LogP contribution in [-0.4, -0.2) is 11.7 Å². The number of hydrogen-bond donors (Lipinski definition) is 1. The van der Waals surface area contributed by atoms with E-state index in [1.807, 2.05) is 24.3 Å². The molecule has 0 aliphatic rings. The van der Waals surface area contributed by atoms with Crippen LogP contribution in [0.15, 0.2) is 48.5 Å². The van der Waals surface area contributed by atoms with Crippen LogP contribution in [0.25, 0.3) is 11.1 Å². The fraction of sp³-hybridized carbons (Fsp3) is 0.455. The lowest BCUT2D eigenvalue weighted by atomic mass is 10.0. The molecule has 2 nitrogen and oxygen atoms in total. The summed E-state index contributed by atoms with van der Waals surface area (Å²) in [6.07, 6.45) is 10.3. The van der Waals surface area contributed by atoms with Gasteiger partial charge in [-0.15, -0.1) is 0 Å². The van der Waals surface area contributed by atoms with Gasteiger partial charge >= 0.3 is 0 Å². The molecule has 0 aliphatic carbocycles. The smallest absolute Gasteiger partial charge is 0.130 e. The van der Waals surface area contributed by atoms with E-state index >= 15 is 0 Å². The van der Waals surface area contributed by atoms with Crippen molar-refractivity contribution in [3.63, 3.8) is 0 Å². The van der Waals surface area contributed by atoms with Crippen molar-refractivity contribution < 1.29 is 9.84 Å². The molecule has 0 atom stereocenters. The van der Waals surface area contributed by atoms with Crippen LogP contribution in [0.5, 0.6) is 11.5 Å². The number of aromatic hydroxyl groups is 1. The van der Waals surface area contributed by atoms with E-state index in [0.29, 0.717) is 6.61 Å². The number of benzene rings is 2. The van der Waals surface area contributed by atoms with Gasteiger partial charge in [0.25, 0.3) is 0 Å². The minimum atomic E-state index is 0.251. The second kappa shape index (κ2) is 10.7. The average Bonchev–Trinajstić information content (AvgIpc) is 2.61. The number of unbranched alkanes of at least 4 members (excludes halogenated alkanes) is 7. The van der Waals surface area contributed by atoms with E-state index in [0.717, 1.165) is 23.3 Å². The molecule has 2 aromatic carbocycles. The maximum absolute atomic E-state index is 9.75. The molecular weight excluding hydrogens is 296 g/mol. The molecule has 0 fully saturated rings. The zero-order valence-corrected chi connectivity index (χ0v) is 14.8. The van der Waals surface area contributed by atoms with Crippen molar-refractivity contribution in [2.24, 2.45) is 0 Å². The summed E-state index contributed by atoms with van der Waals surface area (Å²) >= 11 is 0. The van der Waals surface area contributed by atoms with Crippen molar-refractivity contribution in [1.29, 1.82) is 0 Å². The van der Waals surface area contributed by atoms with Crippen molar-refractivity contribution in [2.75, 3.05) is 6.61 Å². The predicted molar refractivity (Wildman–Crippen MR) is 102 cm³/mol. The first kappa shape index (κ1) is 18.4. The van der Waals surface area contributed by atoms with E-state index < -0.39 is 0 Å². The summed E-state index contributed by atoms with van der Waals surface area (Å²) in [7, 11) is 0. The highest BCUT2D eigenvalue weighted by atomic mass is 16.5. The topological polar surface area (TPSA) is 29.5 Å². The third-order valence-electron chi connectivity index (χ3n) is 4.31. The Hall–Kier alpha value is -1.96. The van der Waals surface area contributed by atoms with Crippen molar-refractivity contribution in [3.8, 4) is 22.6 Å². The summed E-state index contributed by atoms with van der Waals surface area (Å²) in [6.45, 7) is 2.96. The van der Waals surface area contributed by atoms with Crippen molar-refractivity contribution in [1.82, 2.24) is 0 Å². The molecule has 0 bridgehead atoms. The molecule has 0 unspecified atom stereocenters. The Morgan fingerprint density at radius 3 is 2.17 bits per heavy atom. The molecule has 0 saturated carbocycles. The van der Waals surface area contributed by atoms with Gasteiger partial charge in [0.05, 0.1) is 6.61 Å². The van der Waals surface area contributed by atoms with Crippen LogP contribution in [-0.2, 0) is 0 Å². The summed E-state index contributed by atoms with van der Waals surface area (Å²) < 4.78 is 5.96. The molecule has 0 saturated heterocycles. The summed E-state index contributed by atoms with van der Waals surface area (Å²) in [4.78, 5) is 0. The molecule has 0 spiro atoms. The summed E-state index contributed by atoms with van der Waals surface area (Å²) in [5.41, 5.74) is 2.15. The van der Waals surface area contributed by atoms with E-state index in [4.69, 9.17) is 4.74 Å². The number of ether oxygens (including phenoxy) is 1. The molecular formula is C22H30O2. The molecule has 2 aromatic rings. The summed E-state index contributed by atoms with van der Waals surface area (Å²) in [5.74, 6) is 1.02. The molecule has 0 aromatic heterocycles. The number of hydrogen-bond acceptors (Lipinski definition) is 2. The van der Waals surface area contributed by atoms with E-state index in [1.54, 1.807) is 12.1 Å². The van der Waals surface area contributed by atoms with Crippen LogP contribution in [0.1, 0.15) is 58.3 Å². The predicted octanol–water partition coefficient (Wildman–Crippen LogP) is 6.58. The first-order chi connectivity index (χ1) is 11.8. The van der Waals surface area contributed by atoms with Gasteiger partial charge < -0.3 is 9.84 Å². The monoisotopic (exact) mass is 326 g/mol. The van der Waals surface area contributed by atoms with E-state index in [2.05, 4.69) is 19.1 Å². The van der Waals surface area contributed by atoms with Gasteiger partial charge in [-0.1, -0.05) is 82.2 Å². The van der Waals surface area contributed by atoms with Gasteiger partial charge in [-0.25, -0.2) is 0 Å². The Kier molecular flexibility index (Phi) is 8.23. The van der Waals surface area contributed by atoms with Crippen molar-refractivity contribution in [2.45, 2.75) is 58.3 Å². The van der Waals surface area contributed by atoms with E-state index in [-0.39, 0.29) is 5.75 Å². The Morgan fingerprint density at radius 2 is 1.46 bits per heavy atom. The van der Waals surface area contributed by atoms with Gasteiger partial charge in [-0.2, -0.15) is 0 Å². The van der Waals surface area contributed by atoms with Crippen LogP contribution in [0.2, 0.25) is 0 Å². The van der Waals surface area contributed by atoms with E-state index in [9.17, 15) is 5.11 Å². The molecule has 24 heavy (non-hydrogen) atoms. The van der Waals surface area contributed by atoms with Gasteiger partial charge in [-0.05, 0) is 24.1 Å². The Labute approximate surface area is 146 Å². The first-order valence-corrected chi connectivity index (χ1v) is 9.32. The van der Waals surface area contributed by atoms with Crippen LogP contribution in [0, 0.1) is 0 Å². The van der Waals surface area contributed by atoms with Crippen LogP contribution < -0.4 is 4.74 Å². The fourth-order valence-electron chi connectivity index (χ4n) is 2.90. The SMILES string of the molecule is CCCCCCCCCCOc1cc(O)ccc1-c1ccccc1. The molecule has 2 rings (SSSR count). The number of rotatable bonds is 11. The standard InChI is InChI=1S/C22H30O2/c1-2-3-4-5-6-7-8-12-17-24-22-18-20(23)15-16-21(22)19-13-10-9-11-14-19/h9-11,13-16,18,23H,2-8,12,17H2,1H3. The van der Waals surface area contributed by atoms with Gasteiger partial charge in [0, 0.05) is 11.6 Å². The number of phenolic OH excluding ortho intramolecular Hbond substituents is 1. The average molecular weight is 326 g/mol. The lowest BCUT2D eigenvalue weighted by molar-refractivity contribution is 0.304. The normalized spacial score (nSPS) is 10.7. The third-order valence-corrected chi connectivity index (χ3v) is 4.31. The second-order valence-electron chi connectivity index (χ2n) is 6.37. The second-order valence-corrected chi connectivity index (χ2v) is 6.37. The van der Waals surface area contributed by atoms with E-state index in [1.165, 1.54) is 44.9 Å². The molecule has 0 aliphatic heterocycles. The van der Waals surface area contributed by atoms with Gasteiger partial charge in [0.1, 0.15) is 11.5 Å². The van der Waals surface area contributed by atoms with Crippen molar-refractivity contribution >= 4 is 0 Å². The third kappa shape index (κ3) is 6.27. The van der Waals surface area contributed by atoms with Crippen LogP contribution >= 0.6 is 0 Å². The summed E-state index contributed by atoms with van der Waals surface area (Å²) in [5, 5.41) is 9.75. The lowest BCUT2D eigenvalue weighted by Crippen LogP contribution is -1.99. The molecule has 2 heteroatoms. The molecule has 0 radical (unpaired) electrons. The van der Waals surface area contributed by atoms with Gasteiger partial charge in [0.2, 0.25) is 0 Å². The maximum atomic E-state index is 9.75. The minimum absolute atomic E-state index is 0.251. The highest BCUT2D eigenvalue weighted by molar-refractivity contribution is 5.71. The zero-order valence-electron chi connectivity index (χ0n) is 14.8. The summed E-state index contributed by atoms with van der Waals surface area (Å²) in [6, 6.07) is 15.5. The van der Waals surface area contributed by atoms with Crippen LogP contribution in [0.3, 0.4) is 0 Å². The number of phenols is 1. The molecule has 0 heterocycles. The Morgan fingerprint density at radius 1 is 0.792 bits per heavy atom. The largest absolute Gasteiger partial charge is 0.508 e. The fourth-order valence-corrected chi connectivity index (χ4v) is 2.90. The molecule has 0 amide bonds. The highest BCUT2D eigenvalue weighted by Gasteiger charge is 2.07. The first-order valence-electron chi connectivity index (χ1n) is 9.32. The quantitative estimate of drug-likeness (QED) is 0.473. The Balaban J connectivity index is 1.77. The van der Waals surface area contributed by atoms with Crippen LogP contribution in [0.4, 0.5) is 0 Å². The zero-order chi connectivity index (χ0) is 17.0. The maximum Gasteiger partial charge on any atom is 0.130 e. The minimum Gasteiger partial charge on any atom is -0.508 e. The highest BCUT2D eigenvalue weighted by Crippen LogP contribution is 2.33. The van der Waals surface area contributed by atoms with Gasteiger partial charge in [-0.3, -0.25) is 0 Å². The van der Waals surface area contributed by atoms with Gasteiger partial charge in [0.15, 0.2) is 0 Å². The molecule has 130 valence electrons. The lowest BCUT2D eigenvalue weighted by Gasteiger charge is -2.12. The Bertz CT molecular complexity index is 578. The van der Waals surface area contributed by atoms with Crippen molar-refractivity contribution in [3.05, 3.63) is 48.5 Å². The molecule has 1 N–H and O–H groups in total.